The van der Waals surface area contributed by atoms with Gasteiger partial charge in [-0.2, -0.15) is 0 Å². The highest BCUT2D eigenvalue weighted by Gasteiger charge is 2.53. The van der Waals surface area contributed by atoms with Gasteiger partial charge in [0.15, 0.2) is 0 Å². The number of rotatable bonds is 5. The monoisotopic (exact) mass is 782 g/mol. The first-order valence-corrected chi connectivity index (χ1v) is 18.8. The Bertz CT molecular complexity index is 2130. The minimum Gasteiger partial charge on any atom is -1.00 e. The lowest BCUT2D eigenvalue weighted by molar-refractivity contribution is -0.391. The summed E-state index contributed by atoms with van der Waals surface area (Å²) in [6, 6.07) is 20.5. The van der Waals surface area contributed by atoms with Crippen LogP contribution >= 0.6 is 0 Å². The van der Waals surface area contributed by atoms with Crippen molar-refractivity contribution in [3.63, 3.8) is 0 Å². The summed E-state index contributed by atoms with van der Waals surface area (Å²) < 4.78 is 26.4. The van der Waals surface area contributed by atoms with Crippen molar-refractivity contribution in [1.29, 1.82) is 0 Å². The van der Waals surface area contributed by atoms with Crippen LogP contribution in [0, 0.1) is 50.2 Å². The van der Waals surface area contributed by atoms with Gasteiger partial charge in [0.1, 0.15) is 46.6 Å². The number of carbonyl (C=O) groups excluding carboxylic acids is 5. The summed E-state index contributed by atoms with van der Waals surface area (Å²) in [5.74, 6) is -2.08. The number of carbonyl (C=O) groups is 5. The predicted octanol–water partition coefficient (Wildman–Crippen LogP) is 4.35. The van der Waals surface area contributed by atoms with E-state index in [4.69, 9.17) is 0 Å². The maximum absolute atomic E-state index is 13.2. The molecule has 294 valence electrons. The number of aryl methyl sites for hydroxylation is 4. The van der Waals surface area contributed by atoms with Crippen molar-refractivity contribution in [2.24, 2.45) is 10.8 Å². The van der Waals surface area contributed by atoms with Gasteiger partial charge in [-0.25, -0.2) is 8.78 Å². The van der Waals surface area contributed by atoms with Crippen LogP contribution in [-0.4, -0.2) is 53.6 Å². The fraction of sp³-hybridized carbons (Fsp3) is 0.370. The number of quaternary nitrogens is 1. The molecule has 2 saturated carbocycles. The number of amides is 1. The minimum absolute atomic E-state index is 0. The number of likely N-dealkylation sites (tertiary alicyclic amines) is 1. The molecule has 7 nitrogen and oxygen atoms in total. The third-order valence-corrected chi connectivity index (χ3v) is 11.8. The fourth-order valence-electron chi connectivity index (χ4n) is 8.98. The second kappa shape index (κ2) is 16.3. The van der Waals surface area contributed by atoms with Gasteiger partial charge in [0.2, 0.25) is 5.91 Å². The average molecular weight is 783 g/mol. The first kappa shape index (κ1) is 42.3. The molecule has 1 aliphatic heterocycles. The normalized spacial score (nSPS) is 20.6. The van der Waals surface area contributed by atoms with Crippen molar-refractivity contribution in [3.05, 3.63) is 118 Å². The molecule has 7 rings (SSSR count). The molecule has 1 amide bonds. The maximum atomic E-state index is 13.2. The maximum Gasteiger partial charge on any atom is 0.219 e. The van der Waals surface area contributed by atoms with Crippen molar-refractivity contribution >= 4 is 29.0 Å². The van der Waals surface area contributed by atoms with Crippen LogP contribution in [0.25, 0.3) is 22.3 Å². The Labute approximate surface area is 333 Å². The lowest BCUT2D eigenvalue weighted by Gasteiger charge is -2.52. The quantitative estimate of drug-likeness (QED) is 0.303. The number of Topliss-reactive ketones (excluding diaryl/α,β-unsaturated/α-hetero) is 4. The highest BCUT2D eigenvalue weighted by molar-refractivity contribution is 6.11. The molecule has 4 aromatic rings. The predicted molar refractivity (Wildman–Crippen MR) is 207 cm³/mol. The summed E-state index contributed by atoms with van der Waals surface area (Å²) in [6.07, 6.45) is 1.47. The average Bonchev–Trinajstić information content (AvgIpc) is 3.09. The zero-order chi connectivity index (χ0) is 40.0. The van der Waals surface area contributed by atoms with Gasteiger partial charge >= 0.3 is 0 Å². The molecule has 1 spiro atoms. The first-order valence-electron chi connectivity index (χ1n) is 18.8. The van der Waals surface area contributed by atoms with Gasteiger partial charge in [-0.1, -0.05) is 55.5 Å². The second-order valence-electron chi connectivity index (χ2n) is 16.4. The van der Waals surface area contributed by atoms with Crippen LogP contribution in [0.15, 0.2) is 72.8 Å². The van der Waals surface area contributed by atoms with E-state index in [0.29, 0.717) is 45.3 Å². The summed E-state index contributed by atoms with van der Waals surface area (Å²) in [5, 5.41) is 0. The molecular formula is C46H49ClF2N2O5. The Morgan fingerprint density at radius 2 is 0.946 bits per heavy atom. The lowest BCUT2D eigenvalue weighted by Crippen LogP contribution is -3.00. The molecule has 0 aromatic heterocycles. The molecule has 3 aliphatic rings. The van der Waals surface area contributed by atoms with Crippen molar-refractivity contribution in [2.75, 3.05) is 19.6 Å². The van der Waals surface area contributed by atoms with Crippen LogP contribution in [0.2, 0.25) is 0 Å². The van der Waals surface area contributed by atoms with Gasteiger partial charge in [0.25, 0.3) is 0 Å². The van der Waals surface area contributed by atoms with E-state index in [1.807, 2.05) is 58.9 Å². The summed E-state index contributed by atoms with van der Waals surface area (Å²) in [4.78, 5) is 64.8. The van der Waals surface area contributed by atoms with Crippen LogP contribution in [0.3, 0.4) is 0 Å². The van der Waals surface area contributed by atoms with Crippen LogP contribution in [0.5, 0.6) is 0 Å². The van der Waals surface area contributed by atoms with Crippen molar-refractivity contribution < 1.29 is 50.9 Å². The molecule has 0 radical (unpaired) electrons. The summed E-state index contributed by atoms with van der Waals surface area (Å²) in [5.41, 5.74) is 12.2. The third-order valence-electron chi connectivity index (χ3n) is 11.8. The third kappa shape index (κ3) is 8.44. The highest BCUT2D eigenvalue weighted by Crippen LogP contribution is 2.46. The van der Waals surface area contributed by atoms with Gasteiger partial charge in [-0.05, 0) is 108 Å². The van der Waals surface area contributed by atoms with Crippen LogP contribution in [0.4, 0.5) is 8.78 Å². The summed E-state index contributed by atoms with van der Waals surface area (Å²) in [7, 11) is 0. The molecule has 1 heterocycles. The molecule has 10 heteroatoms. The van der Waals surface area contributed by atoms with E-state index in [1.54, 1.807) is 29.2 Å². The van der Waals surface area contributed by atoms with E-state index < -0.39 is 11.8 Å². The molecular weight excluding hydrogens is 734 g/mol. The number of ketones is 4. The second-order valence-corrected chi connectivity index (χ2v) is 16.4. The minimum atomic E-state index is -0.728. The van der Waals surface area contributed by atoms with Crippen LogP contribution in [-0.2, 0) is 24.0 Å². The Kier molecular flexibility index (Phi) is 12.3. The van der Waals surface area contributed by atoms with Gasteiger partial charge in [0.05, 0.1) is 6.54 Å². The number of nitrogens with zero attached hydrogens (tertiary/aromatic N) is 1. The number of benzene rings is 4. The van der Waals surface area contributed by atoms with Crippen molar-refractivity contribution in [1.82, 2.24) is 4.90 Å². The van der Waals surface area contributed by atoms with Gasteiger partial charge < -0.3 is 23.0 Å². The standard InChI is InChI=1S/C24H24FNO3.C22H24FNO2.ClH/c1-14-8-18(17-4-6-19(25)7-5-17)9-15(2)22(14)23-20(28)10-24(11-21(23)29)12-26(13-24)16(3)27;1-13-8-16(15-4-6-17(23)7-5-15)9-14(2)20(13)21-18(25)10-22(3,12-24)11-19(21)26;/h4-9,23H,10-13H2,1-3H3;4-9,21H,10-12,24H2,1-3H3;1H. The van der Waals surface area contributed by atoms with E-state index in [1.165, 1.54) is 31.2 Å². The number of hydrogen-bond acceptors (Lipinski definition) is 5. The van der Waals surface area contributed by atoms with Crippen LogP contribution < -0.4 is 18.1 Å². The van der Waals surface area contributed by atoms with E-state index in [0.717, 1.165) is 55.6 Å². The van der Waals surface area contributed by atoms with E-state index in [9.17, 15) is 32.8 Å². The van der Waals surface area contributed by atoms with Crippen LogP contribution in [0.1, 0.15) is 84.7 Å². The van der Waals surface area contributed by atoms with E-state index >= 15 is 0 Å². The fourth-order valence-corrected chi connectivity index (χ4v) is 8.98. The molecule has 1 saturated heterocycles. The van der Waals surface area contributed by atoms with Crippen molar-refractivity contribution in [2.45, 2.75) is 79.1 Å². The molecule has 3 N–H and O–H groups in total. The van der Waals surface area contributed by atoms with Gasteiger partial charge in [-0.3, -0.25) is 24.0 Å². The highest BCUT2D eigenvalue weighted by atomic mass is 35.5. The Hall–Kier alpha value is -4.86. The zero-order valence-corrected chi connectivity index (χ0v) is 33.6. The van der Waals surface area contributed by atoms with E-state index in [2.05, 4.69) is 5.73 Å². The number of halogens is 3. The first-order chi connectivity index (χ1) is 25.9. The summed E-state index contributed by atoms with van der Waals surface area (Å²) in [6.45, 7) is 12.8. The largest absolute Gasteiger partial charge is 1.00 e. The van der Waals surface area contributed by atoms with Gasteiger partial charge in [-0.15, -0.1) is 0 Å². The SMILES string of the molecule is CC(=O)N1CC2(CC(=O)C(c3c(C)cc(-c4ccc(F)cc4)cc3C)C(=O)C2)C1.Cc1cc(-c2ccc(F)cc2)cc(C)c1C1C(=O)CC(C)(C[NH3+])CC1=O.[Cl-]. The van der Waals surface area contributed by atoms with E-state index in [-0.39, 0.29) is 63.9 Å². The topological polar surface area (TPSA) is 116 Å². The Morgan fingerprint density at radius 3 is 1.25 bits per heavy atom. The Morgan fingerprint density at radius 1 is 0.625 bits per heavy atom. The smallest absolute Gasteiger partial charge is 0.219 e. The van der Waals surface area contributed by atoms with Gasteiger partial charge in [0, 0.05) is 56.5 Å². The Balaban J connectivity index is 0.000000212. The van der Waals surface area contributed by atoms with Crippen molar-refractivity contribution in [3.8, 4) is 22.3 Å². The molecule has 0 bridgehead atoms. The molecule has 56 heavy (non-hydrogen) atoms. The summed E-state index contributed by atoms with van der Waals surface area (Å²) >= 11 is 0. The molecule has 0 unspecified atom stereocenters. The number of hydrogen-bond donors (Lipinski definition) is 1. The molecule has 0 atom stereocenters. The molecule has 2 aliphatic carbocycles. The lowest BCUT2D eigenvalue weighted by atomic mass is 9.63. The molecule has 3 fully saturated rings. The zero-order valence-electron chi connectivity index (χ0n) is 32.9. The molecule has 4 aromatic carbocycles.